The van der Waals surface area contributed by atoms with E-state index >= 15 is 0 Å². The van der Waals surface area contributed by atoms with E-state index in [0.717, 1.165) is 52.0 Å². The third-order valence-electron chi connectivity index (χ3n) is 6.03. The molecule has 0 spiro atoms. The van der Waals surface area contributed by atoms with Crippen LogP contribution < -0.4 is 10.3 Å². The molecule has 2 aromatic heterocycles. The van der Waals surface area contributed by atoms with Gasteiger partial charge in [0.15, 0.2) is 5.16 Å². The molecule has 5 rings (SSSR count). The van der Waals surface area contributed by atoms with Crippen molar-refractivity contribution in [2.45, 2.75) is 31.0 Å². The topological polar surface area (TPSA) is 64.4 Å². The van der Waals surface area contributed by atoms with Crippen molar-refractivity contribution in [1.82, 2.24) is 14.5 Å². The smallest absolute Gasteiger partial charge is 0.267 e. The number of benzene rings is 2. The van der Waals surface area contributed by atoms with Crippen molar-refractivity contribution in [3.8, 4) is 11.4 Å². The van der Waals surface area contributed by atoms with Crippen LogP contribution in [0.3, 0.4) is 0 Å². The number of hydrogen-bond acceptors (Lipinski definition) is 6. The number of hydrogen-bond donors (Lipinski definition) is 0. The molecular formula is C26H25N3O3S2. The molecule has 2 heterocycles. The van der Waals surface area contributed by atoms with Gasteiger partial charge < -0.3 is 9.64 Å². The quantitative estimate of drug-likeness (QED) is 0.277. The number of methoxy groups -OCH3 is 1. The van der Waals surface area contributed by atoms with Crippen molar-refractivity contribution in [1.29, 1.82) is 0 Å². The van der Waals surface area contributed by atoms with Crippen LogP contribution in [0.15, 0.2) is 64.5 Å². The number of thiophene rings is 1. The van der Waals surface area contributed by atoms with Gasteiger partial charge in [0, 0.05) is 18.5 Å². The van der Waals surface area contributed by atoms with E-state index in [9.17, 15) is 9.59 Å². The molecule has 2 aromatic carbocycles. The molecule has 0 saturated carbocycles. The molecule has 4 aromatic rings. The molecule has 1 amide bonds. The normalized spacial score (nSPS) is 12.6. The Kier molecular flexibility index (Phi) is 6.43. The molecule has 1 aliphatic carbocycles. The molecule has 0 aliphatic heterocycles. The summed E-state index contributed by atoms with van der Waals surface area (Å²) in [6, 6.07) is 17.2. The predicted octanol–water partition coefficient (Wildman–Crippen LogP) is 4.70. The summed E-state index contributed by atoms with van der Waals surface area (Å²) in [5.41, 5.74) is 2.87. The van der Waals surface area contributed by atoms with Crippen molar-refractivity contribution in [2.24, 2.45) is 0 Å². The Balaban J connectivity index is 1.43. The molecule has 0 N–H and O–H groups in total. The molecule has 0 fully saturated rings. The SMILES string of the molecule is COc1cccc(CN(C)C(=O)CSc2nc3sc4c(c3c(=O)n2-c2ccccc2)CCC4)c1. The minimum atomic E-state index is -0.0460. The summed E-state index contributed by atoms with van der Waals surface area (Å²) in [4.78, 5) is 35.2. The third-order valence-corrected chi connectivity index (χ3v) is 8.14. The maximum absolute atomic E-state index is 13.7. The molecule has 8 heteroatoms. The van der Waals surface area contributed by atoms with Crippen molar-refractivity contribution in [3.63, 3.8) is 0 Å². The minimum absolute atomic E-state index is 0.0320. The lowest BCUT2D eigenvalue weighted by Gasteiger charge is -2.18. The third kappa shape index (κ3) is 4.35. The minimum Gasteiger partial charge on any atom is -0.497 e. The fraction of sp³-hybridized carbons (Fsp3) is 0.269. The van der Waals surface area contributed by atoms with E-state index in [-0.39, 0.29) is 17.2 Å². The lowest BCUT2D eigenvalue weighted by molar-refractivity contribution is -0.127. The maximum atomic E-state index is 13.7. The number of aromatic nitrogens is 2. The van der Waals surface area contributed by atoms with Gasteiger partial charge in [-0.1, -0.05) is 42.1 Å². The Bertz CT molecular complexity index is 1410. The van der Waals surface area contributed by atoms with Crippen molar-refractivity contribution in [2.75, 3.05) is 19.9 Å². The van der Waals surface area contributed by atoms with Gasteiger partial charge in [0.05, 0.1) is 23.9 Å². The van der Waals surface area contributed by atoms with Gasteiger partial charge in [-0.05, 0) is 54.7 Å². The highest BCUT2D eigenvalue weighted by Crippen LogP contribution is 2.36. The zero-order valence-electron chi connectivity index (χ0n) is 19.1. The lowest BCUT2D eigenvalue weighted by atomic mass is 10.2. The number of rotatable bonds is 7. The molecule has 6 nitrogen and oxygen atoms in total. The molecule has 1 aliphatic rings. The Morgan fingerprint density at radius 1 is 1.18 bits per heavy atom. The van der Waals surface area contributed by atoms with Crippen molar-refractivity contribution in [3.05, 3.63) is 81.0 Å². The van der Waals surface area contributed by atoms with Gasteiger partial charge >= 0.3 is 0 Å². The zero-order valence-corrected chi connectivity index (χ0v) is 20.7. The fourth-order valence-corrected chi connectivity index (χ4v) is 6.55. The summed E-state index contributed by atoms with van der Waals surface area (Å²) in [6.45, 7) is 0.478. The van der Waals surface area contributed by atoms with Gasteiger partial charge in [0.25, 0.3) is 5.56 Å². The number of ether oxygens (including phenoxy) is 1. The van der Waals surface area contributed by atoms with E-state index < -0.39 is 0 Å². The highest BCUT2D eigenvalue weighted by molar-refractivity contribution is 7.99. The first-order chi connectivity index (χ1) is 16.5. The van der Waals surface area contributed by atoms with Crippen LogP contribution in [-0.2, 0) is 24.2 Å². The van der Waals surface area contributed by atoms with Gasteiger partial charge in [-0.25, -0.2) is 4.98 Å². The van der Waals surface area contributed by atoms with Crippen molar-refractivity contribution < 1.29 is 9.53 Å². The summed E-state index contributed by atoms with van der Waals surface area (Å²) < 4.78 is 6.94. The number of amides is 1. The first kappa shape index (κ1) is 22.7. The second kappa shape index (κ2) is 9.64. The van der Waals surface area contributed by atoms with Crippen LogP contribution >= 0.6 is 23.1 Å². The van der Waals surface area contributed by atoms with E-state index in [4.69, 9.17) is 9.72 Å². The van der Waals surface area contributed by atoms with E-state index in [1.165, 1.54) is 16.6 Å². The van der Waals surface area contributed by atoms with Gasteiger partial charge in [-0.15, -0.1) is 11.3 Å². The lowest BCUT2D eigenvalue weighted by Crippen LogP contribution is -2.28. The van der Waals surface area contributed by atoms with E-state index in [2.05, 4.69) is 0 Å². The zero-order chi connectivity index (χ0) is 23.7. The van der Waals surface area contributed by atoms with Gasteiger partial charge in [0.1, 0.15) is 10.6 Å². The maximum Gasteiger partial charge on any atom is 0.267 e. The van der Waals surface area contributed by atoms with Gasteiger partial charge in [-0.2, -0.15) is 0 Å². The number of carbonyl (C=O) groups is 1. The van der Waals surface area contributed by atoms with E-state index in [0.29, 0.717) is 11.7 Å². The van der Waals surface area contributed by atoms with Crippen molar-refractivity contribution >= 4 is 39.2 Å². The summed E-state index contributed by atoms with van der Waals surface area (Å²) in [6.07, 6.45) is 3.03. The number of aryl methyl sites for hydroxylation is 2. The van der Waals surface area contributed by atoms with Crippen LogP contribution in [0.5, 0.6) is 5.75 Å². The molecule has 0 unspecified atom stereocenters. The molecule has 0 saturated heterocycles. The number of nitrogens with zero attached hydrogens (tertiary/aromatic N) is 3. The number of para-hydroxylation sites is 1. The first-order valence-electron chi connectivity index (χ1n) is 11.2. The summed E-state index contributed by atoms with van der Waals surface area (Å²) in [5.74, 6) is 0.923. The Labute approximate surface area is 206 Å². The molecular weight excluding hydrogens is 466 g/mol. The summed E-state index contributed by atoms with van der Waals surface area (Å²) in [5, 5.41) is 1.29. The fourth-order valence-electron chi connectivity index (χ4n) is 4.30. The average Bonchev–Trinajstić information content (AvgIpc) is 3.44. The Hall–Kier alpha value is -3.10. The number of carbonyl (C=O) groups excluding carboxylic acids is 1. The van der Waals surface area contributed by atoms with Crippen LogP contribution in [0.4, 0.5) is 0 Å². The summed E-state index contributed by atoms with van der Waals surface area (Å²) in [7, 11) is 3.41. The van der Waals surface area contributed by atoms with Gasteiger partial charge in [-0.3, -0.25) is 14.2 Å². The molecule has 0 atom stereocenters. The molecule has 34 heavy (non-hydrogen) atoms. The second-order valence-electron chi connectivity index (χ2n) is 8.30. The average molecular weight is 492 g/mol. The Morgan fingerprint density at radius 2 is 2.00 bits per heavy atom. The van der Waals surface area contributed by atoms with Crippen LogP contribution in [0.25, 0.3) is 15.9 Å². The largest absolute Gasteiger partial charge is 0.497 e. The van der Waals surface area contributed by atoms with E-state index in [1.807, 2.05) is 54.6 Å². The van der Waals surface area contributed by atoms with Crippen LogP contribution in [-0.4, -0.2) is 40.3 Å². The van der Waals surface area contributed by atoms with Gasteiger partial charge in [0.2, 0.25) is 5.91 Å². The summed E-state index contributed by atoms with van der Waals surface area (Å²) >= 11 is 2.93. The molecule has 0 radical (unpaired) electrons. The highest BCUT2D eigenvalue weighted by Gasteiger charge is 2.24. The predicted molar refractivity (Wildman–Crippen MR) is 137 cm³/mol. The van der Waals surface area contributed by atoms with E-state index in [1.54, 1.807) is 35.0 Å². The number of thioether (sulfide) groups is 1. The Morgan fingerprint density at radius 3 is 2.79 bits per heavy atom. The van der Waals surface area contributed by atoms with Crippen LogP contribution in [0.2, 0.25) is 0 Å². The first-order valence-corrected chi connectivity index (χ1v) is 13.0. The highest BCUT2D eigenvalue weighted by atomic mass is 32.2. The van der Waals surface area contributed by atoms with Crippen LogP contribution in [0, 0.1) is 0 Å². The second-order valence-corrected chi connectivity index (χ2v) is 10.3. The monoisotopic (exact) mass is 491 g/mol. The molecule has 174 valence electrons. The van der Waals surface area contributed by atoms with Crippen LogP contribution in [0.1, 0.15) is 22.4 Å². The number of fused-ring (bicyclic) bond motifs is 3. The molecule has 0 bridgehead atoms. The standard InChI is InChI=1S/C26H25N3O3S2/c1-28(15-17-8-6-11-19(14-17)32-2)22(30)16-33-26-27-24-23(20-12-7-13-21(20)34-24)25(31)29(26)18-9-4-3-5-10-18/h3-6,8-11,14H,7,12-13,15-16H2,1-2H3.